The molecule has 3 N–H and O–H groups in total. The molecule has 25 heavy (non-hydrogen) atoms. The zero-order chi connectivity index (χ0) is 17.8. The summed E-state index contributed by atoms with van der Waals surface area (Å²) in [6, 6.07) is 9.69. The topological polar surface area (TPSA) is 98.7 Å². The monoisotopic (exact) mass is 356 g/mol. The summed E-state index contributed by atoms with van der Waals surface area (Å²) in [6.45, 7) is 4.50. The van der Waals surface area contributed by atoms with Crippen LogP contribution in [0.5, 0.6) is 0 Å². The zero-order valence-corrected chi connectivity index (χ0v) is 15.0. The molecule has 0 aliphatic rings. The molecule has 1 aromatic carbocycles. The quantitative estimate of drug-likeness (QED) is 0.520. The van der Waals surface area contributed by atoms with Crippen LogP contribution in [0.4, 0.5) is 5.82 Å². The number of hydrogen-bond acceptors (Lipinski definition) is 6. The van der Waals surface area contributed by atoms with Crippen LogP contribution in [0, 0.1) is 0 Å². The van der Waals surface area contributed by atoms with Crippen LogP contribution in [0.25, 0.3) is 16.7 Å². The number of amides is 1. The molecule has 0 saturated heterocycles. The Balaban J connectivity index is 1.91. The smallest absolute Gasteiger partial charge is 0.233 e. The van der Waals surface area contributed by atoms with E-state index in [4.69, 9.17) is 5.73 Å². The molecular formula is C17H20N6OS. The highest BCUT2D eigenvalue weighted by Crippen LogP contribution is 2.26. The molecule has 0 spiro atoms. The van der Waals surface area contributed by atoms with Gasteiger partial charge in [0.2, 0.25) is 5.91 Å². The van der Waals surface area contributed by atoms with Gasteiger partial charge < -0.3 is 11.1 Å². The molecule has 0 saturated carbocycles. The summed E-state index contributed by atoms with van der Waals surface area (Å²) in [7, 11) is 0. The van der Waals surface area contributed by atoms with Gasteiger partial charge in [-0.25, -0.2) is 14.6 Å². The van der Waals surface area contributed by atoms with Crippen LogP contribution < -0.4 is 11.1 Å². The van der Waals surface area contributed by atoms with Crippen molar-refractivity contribution >= 4 is 34.5 Å². The second kappa shape index (κ2) is 7.52. The van der Waals surface area contributed by atoms with Crippen LogP contribution in [-0.4, -0.2) is 37.5 Å². The highest BCUT2D eigenvalue weighted by atomic mass is 32.2. The summed E-state index contributed by atoms with van der Waals surface area (Å²) < 4.78 is 1.72. The fraction of sp³-hybridized carbons (Fsp3) is 0.294. The molecule has 1 unspecified atom stereocenters. The minimum atomic E-state index is -0.309. The van der Waals surface area contributed by atoms with Crippen molar-refractivity contribution in [1.82, 2.24) is 25.1 Å². The van der Waals surface area contributed by atoms with E-state index >= 15 is 0 Å². The minimum Gasteiger partial charge on any atom is -0.383 e. The average Bonchev–Trinajstić information content (AvgIpc) is 3.04. The molecule has 0 aliphatic heterocycles. The molecule has 2 aromatic heterocycles. The number of rotatable bonds is 6. The van der Waals surface area contributed by atoms with Gasteiger partial charge in [-0.3, -0.25) is 4.79 Å². The van der Waals surface area contributed by atoms with E-state index in [2.05, 4.69) is 20.4 Å². The molecule has 3 aromatic rings. The maximum Gasteiger partial charge on any atom is 0.233 e. The Morgan fingerprint density at radius 1 is 1.32 bits per heavy atom. The number of benzene rings is 1. The normalized spacial score (nSPS) is 12.2. The number of para-hydroxylation sites is 1. The summed E-state index contributed by atoms with van der Waals surface area (Å²) >= 11 is 1.28. The van der Waals surface area contributed by atoms with Crippen molar-refractivity contribution < 1.29 is 4.79 Å². The molecule has 0 fully saturated rings. The Bertz CT molecular complexity index is 879. The third-order valence-electron chi connectivity index (χ3n) is 3.64. The summed E-state index contributed by atoms with van der Waals surface area (Å²) in [5.41, 5.74) is 7.58. The van der Waals surface area contributed by atoms with Crippen molar-refractivity contribution in [2.75, 3.05) is 12.3 Å². The predicted octanol–water partition coefficient (Wildman–Crippen LogP) is 2.40. The highest BCUT2D eigenvalue weighted by molar-refractivity contribution is 8.00. The molecule has 7 nitrogen and oxygen atoms in total. The lowest BCUT2D eigenvalue weighted by atomic mass is 10.3. The number of hydrogen-bond donors (Lipinski definition) is 2. The van der Waals surface area contributed by atoms with Gasteiger partial charge in [0.05, 0.1) is 22.5 Å². The lowest BCUT2D eigenvalue weighted by Gasteiger charge is -2.11. The van der Waals surface area contributed by atoms with Crippen LogP contribution in [-0.2, 0) is 4.79 Å². The van der Waals surface area contributed by atoms with E-state index in [-0.39, 0.29) is 11.2 Å². The van der Waals surface area contributed by atoms with Gasteiger partial charge in [-0.1, -0.05) is 36.9 Å². The molecule has 0 radical (unpaired) electrons. The van der Waals surface area contributed by atoms with Crippen molar-refractivity contribution in [1.29, 1.82) is 0 Å². The molecule has 0 bridgehead atoms. The predicted molar refractivity (Wildman–Crippen MR) is 99.7 cm³/mol. The first-order valence-electron chi connectivity index (χ1n) is 8.11. The molecule has 0 aliphatic carbocycles. The number of nitrogens with two attached hydrogens (primary N) is 1. The van der Waals surface area contributed by atoms with E-state index in [1.54, 1.807) is 10.9 Å². The number of nitrogen functional groups attached to an aromatic ring is 1. The third kappa shape index (κ3) is 3.74. The van der Waals surface area contributed by atoms with Crippen LogP contribution in [0.1, 0.15) is 20.3 Å². The van der Waals surface area contributed by atoms with E-state index in [1.165, 1.54) is 11.8 Å². The Morgan fingerprint density at radius 2 is 2.08 bits per heavy atom. The number of aromatic nitrogens is 4. The van der Waals surface area contributed by atoms with E-state index in [0.29, 0.717) is 28.6 Å². The van der Waals surface area contributed by atoms with Crippen LogP contribution >= 0.6 is 11.8 Å². The fourth-order valence-corrected chi connectivity index (χ4v) is 3.12. The van der Waals surface area contributed by atoms with Crippen LogP contribution in [0.3, 0.4) is 0 Å². The second-order valence-corrected chi connectivity index (χ2v) is 6.88. The molecule has 1 amide bonds. The standard InChI is InChI=1S/C17H20N6OS/c1-3-9-19-16(24)11(2)25-17-21-14(18)13-10-20-23(15(13)22-17)12-7-5-4-6-8-12/h4-8,10-11H,3,9H2,1-2H3,(H,19,24)(H2,18,21,22). The SMILES string of the molecule is CCCNC(=O)C(C)Sc1nc(N)c2cnn(-c3ccccc3)c2n1. The molecule has 2 heterocycles. The molecule has 8 heteroatoms. The van der Waals surface area contributed by atoms with Crippen molar-refractivity contribution in [3.8, 4) is 5.69 Å². The lowest BCUT2D eigenvalue weighted by molar-refractivity contribution is -0.120. The zero-order valence-electron chi connectivity index (χ0n) is 14.1. The molecular weight excluding hydrogens is 336 g/mol. The molecule has 1 atom stereocenters. The summed E-state index contributed by atoms with van der Waals surface area (Å²) in [4.78, 5) is 20.9. The van der Waals surface area contributed by atoms with Crippen molar-refractivity contribution in [3.63, 3.8) is 0 Å². The van der Waals surface area contributed by atoms with E-state index < -0.39 is 0 Å². The van der Waals surface area contributed by atoms with Crippen LogP contribution in [0.15, 0.2) is 41.7 Å². The van der Waals surface area contributed by atoms with E-state index in [0.717, 1.165) is 12.1 Å². The number of fused-ring (bicyclic) bond motifs is 1. The average molecular weight is 356 g/mol. The number of anilines is 1. The van der Waals surface area contributed by atoms with Crippen molar-refractivity contribution in [3.05, 3.63) is 36.5 Å². The van der Waals surface area contributed by atoms with Gasteiger partial charge in [0, 0.05) is 6.54 Å². The summed E-state index contributed by atoms with van der Waals surface area (Å²) in [6.07, 6.45) is 2.55. The Kier molecular flexibility index (Phi) is 5.18. The Hall–Kier alpha value is -2.61. The van der Waals surface area contributed by atoms with Gasteiger partial charge in [0.15, 0.2) is 10.8 Å². The van der Waals surface area contributed by atoms with Crippen LogP contribution in [0.2, 0.25) is 0 Å². The number of thioether (sulfide) groups is 1. The fourth-order valence-electron chi connectivity index (χ4n) is 2.32. The lowest BCUT2D eigenvalue weighted by Crippen LogP contribution is -2.31. The van der Waals surface area contributed by atoms with Gasteiger partial charge in [-0.05, 0) is 25.5 Å². The molecule has 130 valence electrons. The maximum absolute atomic E-state index is 12.1. The second-order valence-electron chi connectivity index (χ2n) is 5.57. The Morgan fingerprint density at radius 3 is 2.80 bits per heavy atom. The van der Waals surface area contributed by atoms with Gasteiger partial charge in [0.25, 0.3) is 0 Å². The number of nitrogens with one attached hydrogen (secondary N) is 1. The first-order valence-corrected chi connectivity index (χ1v) is 8.99. The van der Waals surface area contributed by atoms with Gasteiger partial charge in [-0.2, -0.15) is 5.10 Å². The summed E-state index contributed by atoms with van der Waals surface area (Å²) in [5, 5.41) is 8.08. The van der Waals surface area contributed by atoms with Crippen molar-refractivity contribution in [2.24, 2.45) is 0 Å². The van der Waals surface area contributed by atoms with Gasteiger partial charge in [-0.15, -0.1) is 0 Å². The Labute approximate surface area is 150 Å². The highest BCUT2D eigenvalue weighted by Gasteiger charge is 2.18. The first-order chi connectivity index (χ1) is 12.1. The minimum absolute atomic E-state index is 0.0364. The third-order valence-corrected chi connectivity index (χ3v) is 4.60. The largest absolute Gasteiger partial charge is 0.383 e. The molecule has 3 rings (SSSR count). The maximum atomic E-state index is 12.1. The van der Waals surface area contributed by atoms with E-state index in [9.17, 15) is 4.79 Å². The van der Waals surface area contributed by atoms with Crippen molar-refractivity contribution in [2.45, 2.75) is 30.7 Å². The summed E-state index contributed by atoms with van der Waals surface area (Å²) in [5.74, 6) is 0.321. The number of nitrogens with zero attached hydrogens (tertiary/aromatic N) is 4. The van der Waals surface area contributed by atoms with Gasteiger partial charge in [0.1, 0.15) is 5.82 Å². The van der Waals surface area contributed by atoms with E-state index in [1.807, 2.05) is 44.2 Å². The number of carbonyl (C=O) groups excluding carboxylic acids is 1. The number of carbonyl (C=O) groups is 1. The van der Waals surface area contributed by atoms with Gasteiger partial charge >= 0.3 is 0 Å². The first kappa shape index (κ1) is 17.2.